The van der Waals surface area contributed by atoms with E-state index in [1.54, 1.807) is 0 Å². The van der Waals surface area contributed by atoms with E-state index in [-0.39, 0.29) is 13.2 Å². The highest BCUT2D eigenvalue weighted by atomic mass is 79.9. The number of methoxy groups -OCH3 is 1. The number of ether oxygens (including phenoxy) is 2. The van der Waals surface area contributed by atoms with Crippen LogP contribution in [0.15, 0.2) is 28.7 Å². The molecule has 1 rings (SSSR count). The molecule has 0 aliphatic rings. The van der Waals surface area contributed by atoms with Gasteiger partial charge in [-0.3, -0.25) is 4.79 Å². The molecule has 88 valence electrons. The van der Waals surface area contributed by atoms with Gasteiger partial charge in [0.2, 0.25) is 0 Å². The molecule has 1 unspecified atom stereocenters. The normalized spacial score (nSPS) is 12.2. The van der Waals surface area contributed by atoms with Gasteiger partial charge in [-0.1, -0.05) is 28.1 Å². The van der Waals surface area contributed by atoms with E-state index in [9.17, 15) is 4.79 Å². The summed E-state index contributed by atoms with van der Waals surface area (Å²) in [4.78, 5) is 11.3. The Morgan fingerprint density at radius 3 is 2.62 bits per heavy atom. The van der Waals surface area contributed by atoms with Gasteiger partial charge in [0.15, 0.2) is 0 Å². The smallest absolute Gasteiger partial charge is 0.325 e. The summed E-state index contributed by atoms with van der Waals surface area (Å²) in [5, 5.41) is 0. The maximum Gasteiger partial charge on any atom is 0.325 e. The Bertz CT molecular complexity index is 340. The Kier molecular flexibility index (Phi) is 5.45. The Morgan fingerprint density at radius 2 is 2.06 bits per heavy atom. The van der Waals surface area contributed by atoms with Crippen molar-refractivity contribution < 1.29 is 14.3 Å². The molecule has 0 aliphatic carbocycles. The Morgan fingerprint density at radius 1 is 1.44 bits per heavy atom. The van der Waals surface area contributed by atoms with Gasteiger partial charge in [-0.15, -0.1) is 0 Å². The third kappa shape index (κ3) is 4.30. The number of hydrogen-bond acceptors (Lipinski definition) is 4. The van der Waals surface area contributed by atoms with Crippen molar-refractivity contribution in [3.63, 3.8) is 0 Å². The summed E-state index contributed by atoms with van der Waals surface area (Å²) >= 11 is 3.32. The van der Waals surface area contributed by atoms with Crippen LogP contribution < -0.4 is 5.73 Å². The summed E-state index contributed by atoms with van der Waals surface area (Å²) in [5.74, 6) is -0.454. The molecule has 1 aromatic rings. The average Bonchev–Trinajstić information content (AvgIpc) is 2.28. The van der Waals surface area contributed by atoms with Gasteiger partial charge in [0.25, 0.3) is 0 Å². The van der Waals surface area contributed by atoms with Gasteiger partial charge in [0.05, 0.1) is 6.61 Å². The number of benzene rings is 1. The van der Waals surface area contributed by atoms with Gasteiger partial charge in [-0.25, -0.2) is 0 Å². The summed E-state index contributed by atoms with van der Waals surface area (Å²) in [6.45, 7) is 0.392. The lowest BCUT2D eigenvalue weighted by Crippen LogP contribution is -2.36. The van der Waals surface area contributed by atoms with Crippen LogP contribution in [0, 0.1) is 0 Å². The largest absolute Gasteiger partial charge is 0.460 e. The van der Waals surface area contributed by atoms with Crippen molar-refractivity contribution >= 4 is 21.9 Å². The fourth-order valence-electron chi connectivity index (χ4n) is 1.09. The van der Waals surface area contributed by atoms with Crippen molar-refractivity contribution in [1.29, 1.82) is 0 Å². The topological polar surface area (TPSA) is 61.5 Å². The van der Waals surface area contributed by atoms with Crippen LogP contribution in [0.4, 0.5) is 0 Å². The summed E-state index contributed by atoms with van der Waals surface area (Å²) < 4.78 is 10.8. The zero-order chi connectivity index (χ0) is 12.0. The van der Waals surface area contributed by atoms with Crippen LogP contribution >= 0.6 is 15.9 Å². The van der Waals surface area contributed by atoms with Crippen LogP contribution in [-0.2, 0) is 20.9 Å². The van der Waals surface area contributed by atoms with E-state index in [2.05, 4.69) is 15.9 Å². The maximum atomic E-state index is 11.3. The molecule has 4 nitrogen and oxygen atoms in total. The molecule has 0 saturated carbocycles. The number of rotatable bonds is 5. The van der Waals surface area contributed by atoms with Crippen molar-refractivity contribution in [3.8, 4) is 0 Å². The molecule has 1 aromatic carbocycles. The molecule has 0 aromatic heterocycles. The predicted octanol–water partition coefficient (Wildman–Crippen LogP) is 1.47. The number of carbonyl (C=O) groups is 1. The van der Waals surface area contributed by atoms with E-state index < -0.39 is 12.0 Å². The first-order valence-corrected chi connectivity index (χ1v) is 5.58. The number of esters is 1. The first kappa shape index (κ1) is 13.2. The van der Waals surface area contributed by atoms with Crippen LogP contribution in [0.1, 0.15) is 5.56 Å². The second kappa shape index (κ2) is 6.62. The van der Waals surface area contributed by atoms with E-state index in [1.807, 2.05) is 24.3 Å². The molecule has 0 fully saturated rings. The molecule has 0 heterocycles. The molecular formula is C11H14BrNO3. The Balaban J connectivity index is 2.39. The number of hydrogen-bond donors (Lipinski definition) is 1. The molecule has 16 heavy (non-hydrogen) atoms. The third-order valence-corrected chi connectivity index (χ3v) is 2.47. The lowest BCUT2D eigenvalue weighted by Gasteiger charge is -2.10. The molecule has 0 saturated heterocycles. The number of carbonyl (C=O) groups excluding carboxylic acids is 1. The molecule has 0 bridgehead atoms. The molecule has 0 amide bonds. The van der Waals surface area contributed by atoms with Gasteiger partial charge in [0, 0.05) is 11.6 Å². The van der Waals surface area contributed by atoms with Crippen molar-refractivity contribution in [3.05, 3.63) is 34.3 Å². The minimum atomic E-state index is -0.722. The molecule has 0 radical (unpaired) electrons. The van der Waals surface area contributed by atoms with Crippen molar-refractivity contribution in [1.82, 2.24) is 0 Å². The molecule has 1 atom stereocenters. The highest BCUT2D eigenvalue weighted by Crippen LogP contribution is 2.11. The standard InChI is InChI=1S/C11H14BrNO3/c1-15-7-10(13)11(14)16-6-8-2-4-9(12)5-3-8/h2-5,10H,6-7,13H2,1H3. The number of halogens is 1. The van der Waals surface area contributed by atoms with Crippen LogP contribution in [0.5, 0.6) is 0 Å². The molecule has 0 spiro atoms. The molecule has 0 aliphatic heterocycles. The van der Waals surface area contributed by atoms with E-state index in [0.29, 0.717) is 0 Å². The van der Waals surface area contributed by atoms with E-state index in [1.165, 1.54) is 7.11 Å². The summed E-state index contributed by atoms with van der Waals surface area (Å²) in [6.07, 6.45) is 0. The molecular weight excluding hydrogens is 274 g/mol. The highest BCUT2D eigenvalue weighted by molar-refractivity contribution is 9.10. The molecule has 5 heteroatoms. The lowest BCUT2D eigenvalue weighted by atomic mass is 10.2. The van der Waals surface area contributed by atoms with Gasteiger partial charge < -0.3 is 15.2 Å². The van der Waals surface area contributed by atoms with E-state index in [4.69, 9.17) is 15.2 Å². The fraction of sp³-hybridized carbons (Fsp3) is 0.364. The number of nitrogens with two attached hydrogens (primary N) is 1. The van der Waals surface area contributed by atoms with E-state index in [0.717, 1.165) is 10.0 Å². The fourth-order valence-corrected chi connectivity index (χ4v) is 1.35. The summed E-state index contributed by atoms with van der Waals surface area (Å²) in [5.41, 5.74) is 6.43. The van der Waals surface area contributed by atoms with Crippen LogP contribution in [0.2, 0.25) is 0 Å². The van der Waals surface area contributed by atoms with Crippen LogP contribution in [-0.4, -0.2) is 25.7 Å². The summed E-state index contributed by atoms with van der Waals surface area (Å²) in [7, 11) is 1.49. The first-order valence-electron chi connectivity index (χ1n) is 4.79. The minimum absolute atomic E-state index is 0.166. The zero-order valence-corrected chi connectivity index (χ0v) is 10.6. The minimum Gasteiger partial charge on any atom is -0.460 e. The van der Waals surface area contributed by atoms with Gasteiger partial charge in [-0.2, -0.15) is 0 Å². The lowest BCUT2D eigenvalue weighted by molar-refractivity contribution is -0.147. The Hall–Kier alpha value is -0.910. The quantitative estimate of drug-likeness (QED) is 0.833. The second-order valence-electron chi connectivity index (χ2n) is 3.30. The third-order valence-electron chi connectivity index (χ3n) is 1.94. The SMILES string of the molecule is COCC(N)C(=O)OCc1ccc(Br)cc1. The van der Waals surface area contributed by atoms with Gasteiger partial charge in [0.1, 0.15) is 12.6 Å². The first-order chi connectivity index (χ1) is 7.63. The monoisotopic (exact) mass is 287 g/mol. The maximum absolute atomic E-state index is 11.3. The Labute approximate surface area is 103 Å². The van der Waals surface area contributed by atoms with Gasteiger partial charge in [-0.05, 0) is 17.7 Å². The summed E-state index contributed by atoms with van der Waals surface area (Å²) in [6, 6.07) is 6.80. The molecule has 2 N–H and O–H groups in total. The van der Waals surface area contributed by atoms with Gasteiger partial charge >= 0.3 is 5.97 Å². The zero-order valence-electron chi connectivity index (χ0n) is 8.98. The van der Waals surface area contributed by atoms with Crippen molar-refractivity contribution in [2.75, 3.05) is 13.7 Å². The second-order valence-corrected chi connectivity index (χ2v) is 4.21. The van der Waals surface area contributed by atoms with Crippen molar-refractivity contribution in [2.24, 2.45) is 5.73 Å². The van der Waals surface area contributed by atoms with Crippen LogP contribution in [0.25, 0.3) is 0 Å². The average molecular weight is 288 g/mol. The van der Waals surface area contributed by atoms with Crippen molar-refractivity contribution in [2.45, 2.75) is 12.6 Å². The van der Waals surface area contributed by atoms with Crippen LogP contribution in [0.3, 0.4) is 0 Å². The predicted molar refractivity (Wildman–Crippen MR) is 63.8 cm³/mol. The van der Waals surface area contributed by atoms with E-state index >= 15 is 0 Å². The highest BCUT2D eigenvalue weighted by Gasteiger charge is 2.14.